The van der Waals surface area contributed by atoms with Gasteiger partial charge in [-0.25, -0.2) is 0 Å². The first kappa shape index (κ1) is 12.5. The Morgan fingerprint density at radius 1 is 1.44 bits per heavy atom. The minimum Gasteiger partial charge on any atom is -0.364 e. The summed E-state index contributed by atoms with van der Waals surface area (Å²) in [6.45, 7) is 5.75. The molecule has 0 aliphatic carbocycles. The Hall–Kier alpha value is -1.95. The summed E-state index contributed by atoms with van der Waals surface area (Å²) >= 11 is 0. The number of hydrogen-bond donors (Lipinski definition) is 2. The van der Waals surface area contributed by atoms with Crippen molar-refractivity contribution < 1.29 is 4.52 Å². The lowest BCUT2D eigenvalue weighted by molar-refractivity contribution is 0.400. The van der Waals surface area contributed by atoms with Gasteiger partial charge >= 0.3 is 0 Å². The molecule has 0 radical (unpaired) electrons. The predicted octanol–water partition coefficient (Wildman–Crippen LogP) is 1.39. The maximum Gasteiger partial charge on any atom is 0.263 e. The minimum atomic E-state index is -0.299. The second-order valence-electron chi connectivity index (χ2n) is 4.62. The van der Waals surface area contributed by atoms with E-state index in [0.717, 1.165) is 5.69 Å². The van der Waals surface area contributed by atoms with Gasteiger partial charge in [0, 0.05) is 18.0 Å². The van der Waals surface area contributed by atoms with Crippen molar-refractivity contribution in [2.45, 2.75) is 26.8 Å². The monoisotopic (exact) mass is 248 g/mol. The molecule has 2 heterocycles. The van der Waals surface area contributed by atoms with Gasteiger partial charge in [0.2, 0.25) is 0 Å². The molecule has 0 amide bonds. The summed E-state index contributed by atoms with van der Waals surface area (Å²) in [4.78, 5) is 18.9. The van der Waals surface area contributed by atoms with Gasteiger partial charge in [-0.3, -0.25) is 4.79 Å². The van der Waals surface area contributed by atoms with Crippen LogP contribution in [-0.2, 0) is 0 Å². The van der Waals surface area contributed by atoms with E-state index >= 15 is 0 Å². The highest BCUT2D eigenvalue weighted by atomic mass is 16.5. The number of nitrogens with one attached hydrogen (secondary N) is 1. The highest BCUT2D eigenvalue weighted by molar-refractivity contribution is 5.50. The third kappa shape index (κ3) is 2.33. The van der Waals surface area contributed by atoms with Crippen molar-refractivity contribution in [1.82, 2.24) is 15.1 Å². The molecule has 0 saturated carbocycles. The average Bonchev–Trinajstić information content (AvgIpc) is 2.77. The number of pyridine rings is 1. The first-order valence-electron chi connectivity index (χ1n) is 5.78. The molecule has 6 nitrogen and oxygen atoms in total. The van der Waals surface area contributed by atoms with Crippen LogP contribution in [0.2, 0.25) is 0 Å². The van der Waals surface area contributed by atoms with Crippen molar-refractivity contribution in [2.24, 2.45) is 11.7 Å². The summed E-state index contributed by atoms with van der Waals surface area (Å²) < 4.78 is 5.08. The zero-order valence-corrected chi connectivity index (χ0v) is 10.6. The van der Waals surface area contributed by atoms with Crippen LogP contribution in [0.1, 0.15) is 31.4 Å². The number of nitrogens with zero attached hydrogens (tertiary/aromatic N) is 2. The highest BCUT2D eigenvalue weighted by Crippen LogP contribution is 2.19. The van der Waals surface area contributed by atoms with Crippen molar-refractivity contribution in [3.05, 3.63) is 34.0 Å². The van der Waals surface area contributed by atoms with Crippen LogP contribution >= 0.6 is 0 Å². The van der Waals surface area contributed by atoms with E-state index in [-0.39, 0.29) is 23.3 Å². The molecule has 0 fully saturated rings. The normalized spacial score (nSPS) is 12.9. The van der Waals surface area contributed by atoms with Crippen molar-refractivity contribution in [2.75, 3.05) is 0 Å². The first-order chi connectivity index (χ1) is 8.49. The molecule has 6 heteroatoms. The molecular weight excluding hydrogens is 232 g/mol. The van der Waals surface area contributed by atoms with E-state index in [0.29, 0.717) is 11.4 Å². The van der Waals surface area contributed by atoms with Gasteiger partial charge in [-0.05, 0) is 12.8 Å². The molecule has 0 saturated heterocycles. The third-order valence-corrected chi connectivity index (χ3v) is 2.75. The van der Waals surface area contributed by atoms with E-state index in [9.17, 15) is 4.79 Å². The van der Waals surface area contributed by atoms with E-state index in [1.54, 1.807) is 13.1 Å². The topological polar surface area (TPSA) is 97.8 Å². The minimum absolute atomic E-state index is 0.153. The number of hydrogen-bond acceptors (Lipinski definition) is 5. The second-order valence-corrected chi connectivity index (χ2v) is 4.62. The summed E-state index contributed by atoms with van der Waals surface area (Å²) in [6.07, 6.45) is 1.57. The Bertz CT molecular complexity index is 600. The van der Waals surface area contributed by atoms with Crippen LogP contribution in [0.5, 0.6) is 0 Å². The average molecular weight is 248 g/mol. The molecular formula is C12H16N4O2. The van der Waals surface area contributed by atoms with E-state index < -0.39 is 0 Å². The molecule has 0 aliphatic heterocycles. The summed E-state index contributed by atoms with van der Waals surface area (Å²) in [5, 5.41) is 3.81. The second kappa shape index (κ2) is 4.73. The molecule has 3 N–H and O–H groups in total. The fourth-order valence-electron chi connectivity index (χ4n) is 1.52. The van der Waals surface area contributed by atoms with E-state index in [1.807, 2.05) is 13.8 Å². The zero-order valence-electron chi connectivity index (χ0n) is 10.6. The number of H-pyrrole nitrogens is 1. The standard InChI is InChI=1S/C12H16N4O2/c1-6(2)10(13)11-15-12(18-16-11)8-5-14-7(3)4-9(8)17/h4-6,10H,13H2,1-3H3,(H,14,17). The number of aromatic nitrogens is 3. The van der Waals surface area contributed by atoms with Crippen LogP contribution in [0, 0.1) is 12.8 Å². The summed E-state index contributed by atoms with van der Waals surface area (Å²) in [5.74, 6) is 0.814. The number of aryl methyl sites for hydroxylation is 1. The molecule has 1 atom stereocenters. The Kier molecular flexibility index (Phi) is 3.29. The highest BCUT2D eigenvalue weighted by Gasteiger charge is 2.19. The smallest absolute Gasteiger partial charge is 0.263 e. The van der Waals surface area contributed by atoms with Gasteiger partial charge < -0.3 is 15.2 Å². The first-order valence-corrected chi connectivity index (χ1v) is 5.78. The SMILES string of the molecule is Cc1cc(=O)c(-c2nc(C(N)C(C)C)no2)c[nH]1. The Balaban J connectivity index is 2.38. The molecule has 0 aromatic carbocycles. The summed E-state index contributed by atoms with van der Waals surface area (Å²) in [5.41, 5.74) is 6.90. The van der Waals surface area contributed by atoms with Crippen molar-refractivity contribution in [3.8, 4) is 11.5 Å². The Morgan fingerprint density at radius 2 is 2.17 bits per heavy atom. The van der Waals surface area contributed by atoms with Crippen LogP contribution in [0.3, 0.4) is 0 Å². The third-order valence-electron chi connectivity index (χ3n) is 2.75. The van der Waals surface area contributed by atoms with Gasteiger partial charge in [0.1, 0.15) is 5.56 Å². The fraction of sp³-hybridized carbons (Fsp3) is 0.417. The molecule has 2 rings (SSSR count). The maximum atomic E-state index is 11.8. The van der Waals surface area contributed by atoms with Gasteiger partial charge in [-0.1, -0.05) is 19.0 Å². The molecule has 0 bridgehead atoms. The van der Waals surface area contributed by atoms with Crippen LogP contribution in [0.25, 0.3) is 11.5 Å². The Labute approximate surface area is 104 Å². The van der Waals surface area contributed by atoms with Gasteiger partial charge in [-0.2, -0.15) is 4.98 Å². The largest absolute Gasteiger partial charge is 0.364 e. The Morgan fingerprint density at radius 3 is 2.78 bits per heavy atom. The van der Waals surface area contributed by atoms with Crippen molar-refractivity contribution in [1.29, 1.82) is 0 Å². The fourth-order valence-corrected chi connectivity index (χ4v) is 1.52. The van der Waals surface area contributed by atoms with Gasteiger partial charge in [0.25, 0.3) is 5.89 Å². The summed E-state index contributed by atoms with van der Waals surface area (Å²) in [6, 6.07) is 1.19. The van der Waals surface area contributed by atoms with Crippen LogP contribution in [-0.4, -0.2) is 15.1 Å². The van der Waals surface area contributed by atoms with E-state index in [2.05, 4.69) is 15.1 Å². The molecule has 2 aromatic heterocycles. The van der Waals surface area contributed by atoms with Gasteiger partial charge in [0.05, 0.1) is 6.04 Å². The summed E-state index contributed by atoms with van der Waals surface area (Å²) in [7, 11) is 0. The lowest BCUT2D eigenvalue weighted by atomic mass is 10.1. The van der Waals surface area contributed by atoms with E-state index in [4.69, 9.17) is 10.3 Å². The lowest BCUT2D eigenvalue weighted by Gasteiger charge is -2.09. The number of aromatic amines is 1. The molecule has 2 aromatic rings. The molecule has 1 unspecified atom stereocenters. The van der Waals surface area contributed by atoms with Crippen LogP contribution in [0.15, 0.2) is 21.6 Å². The lowest BCUT2D eigenvalue weighted by Crippen LogP contribution is -2.18. The molecule has 0 aliphatic rings. The van der Waals surface area contributed by atoms with Crippen LogP contribution < -0.4 is 11.2 Å². The maximum absolute atomic E-state index is 11.8. The number of rotatable bonds is 3. The quantitative estimate of drug-likeness (QED) is 0.855. The van der Waals surface area contributed by atoms with Gasteiger partial charge in [0.15, 0.2) is 11.3 Å². The molecule has 18 heavy (non-hydrogen) atoms. The van der Waals surface area contributed by atoms with E-state index in [1.165, 1.54) is 6.07 Å². The van der Waals surface area contributed by atoms with Crippen molar-refractivity contribution in [3.63, 3.8) is 0 Å². The number of nitrogens with two attached hydrogens (primary N) is 1. The van der Waals surface area contributed by atoms with Crippen molar-refractivity contribution >= 4 is 0 Å². The molecule has 0 spiro atoms. The van der Waals surface area contributed by atoms with Gasteiger partial charge in [-0.15, -0.1) is 0 Å². The van der Waals surface area contributed by atoms with Crippen LogP contribution in [0.4, 0.5) is 0 Å². The predicted molar refractivity (Wildman–Crippen MR) is 66.9 cm³/mol. The molecule has 96 valence electrons. The zero-order chi connectivity index (χ0) is 13.3.